The lowest BCUT2D eigenvalue weighted by Crippen LogP contribution is -2.34. The van der Waals surface area contributed by atoms with E-state index in [1.54, 1.807) is 13.8 Å². The Balaban J connectivity index is 4.58. The number of nitrogens with zero attached hydrogens (tertiary/aromatic N) is 2. The highest BCUT2D eigenvalue weighted by Crippen LogP contribution is 2.21. The molecule has 0 heterocycles. The number of aliphatic carboxylic acids is 2. The summed E-state index contributed by atoms with van der Waals surface area (Å²) >= 11 is 0. The van der Waals surface area contributed by atoms with Gasteiger partial charge in [-0.05, 0) is 12.8 Å². The van der Waals surface area contributed by atoms with Gasteiger partial charge in [-0.15, -0.1) is 0 Å². The number of azo groups is 1. The summed E-state index contributed by atoms with van der Waals surface area (Å²) < 4.78 is 0. The van der Waals surface area contributed by atoms with E-state index in [9.17, 15) is 9.59 Å². The first-order chi connectivity index (χ1) is 6.48. The molecule has 2 N–H and O–H groups in total. The smallest absolute Gasteiger partial charge is 0.333 e. The van der Waals surface area contributed by atoms with Crippen LogP contribution in [0.4, 0.5) is 0 Å². The molecule has 0 aliphatic rings. The Morgan fingerprint density at radius 2 is 1.71 bits per heavy atom. The maximum absolute atomic E-state index is 10.9. The second-order valence-corrected chi connectivity index (χ2v) is 2.84. The maximum atomic E-state index is 10.9. The van der Waals surface area contributed by atoms with Crippen molar-refractivity contribution in [2.24, 2.45) is 10.2 Å². The summed E-state index contributed by atoms with van der Waals surface area (Å²) in [6.45, 7) is 2.86. The van der Waals surface area contributed by atoms with Crippen LogP contribution in [0.1, 0.15) is 26.7 Å². The molecule has 0 aliphatic carbocycles. The van der Waals surface area contributed by atoms with Gasteiger partial charge in [-0.25, -0.2) is 4.79 Å². The number of hydrogen-bond acceptors (Lipinski definition) is 4. The van der Waals surface area contributed by atoms with Crippen molar-refractivity contribution in [1.82, 2.24) is 0 Å². The van der Waals surface area contributed by atoms with Crippen molar-refractivity contribution in [3.63, 3.8) is 0 Å². The minimum Gasteiger partial charge on any atom is -0.480 e. The normalized spacial score (nSPS) is 11.9. The topological polar surface area (TPSA) is 99.3 Å². The van der Waals surface area contributed by atoms with E-state index in [1.807, 2.05) is 0 Å². The van der Waals surface area contributed by atoms with Gasteiger partial charge < -0.3 is 10.2 Å². The third-order valence-corrected chi connectivity index (χ3v) is 2.04. The highest BCUT2D eigenvalue weighted by molar-refractivity contribution is 5.78. The Morgan fingerprint density at radius 1 is 1.21 bits per heavy atom. The molecule has 0 rings (SSSR count). The van der Waals surface area contributed by atoms with E-state index in [0.717, 1.165) is 0 Å². The summed E-state index contributed by atoms with van der Waals surface area (Å²) in [6.07, 6.45) is 0.587. The lowest BCUT2D eigenvalue weighted by molar-refractivity contribution is -0.144. The summed E-state index contributed by atoms with van der Waals surface area (Å²) in [5, 5.41) is 24.1. The van der Waals surface area contributed by atoms with E-state index in [-0.39, 0.29) is 0 Å². The van der Waals surface area contributed by atoms with Crippen LogP contribution in [0.2, 0.25) is 0 Å². The lowest BCUT2D eigenvalue weighted by Gasteiger charge is -2.19. The third kappa shape index (κ3) is 3.12. The van der Waals surface area contributed by atoms with Gasteiger partial charge in [0.2, 0.25) is 0 Å². The molecular formula is C8H14N2O4. The molecule has 0 bridgehead atoms. The van der Waals surface area contributed by atoms with Crippen LogP contribution in [0.25, 0.3) is 0 Å². The molecule has 0 atom stereocenters. The second-order valence-electron chi connectivity index (χ2n) is 2.84. The zero-order valence-corrected chi connectivity index (χ0v) is 8.23. The predicted molar refractivity (Wildman–Crippen MR) is 48.3 cm³/mol. The number of rotatable bonds is 6. The molecule has 14 heavy (non-hydrogen) atoms. The van der Waals surface area contributed by atoms with Gasteiger partial charge in [0.1, 0.15) is 0 Å². The van der Waals surface area contributed by atoms with E-state index in [1.165, 1.54) is 0 Å². The monoisotopic (exact) mass is 202 g/mol. The lowest BCUT2D eigenvalue weighted by atomic mass is 9.94. The molecule has 0 saturated heterocycles. The fourth-order valence-electron chi connectivity index (χ4n) is 0.968. The molecule has 0 spiro atoms. The van der Waals surface area contributed by atoms with Crippen LogP contribution < -0.4 is 0 Å². The van der Waals surface area contributed by atoms with Gasteiger partial charge in [0, 0.05) is 0 Å². The largest absolute Gasteiger partial charge is 0.480 e. The fourth-order valence-corrected chi connectivity index (χ4v) is 0.968. The van der Waals surface area contributed by atoms with Crippen molar-refractivity contribution in [1.29, 1.82) is 0 Å². The molecule has 0 aliphatic heterocycles. The number of carboxylic acids is 2. The van der Waals surface area contributed by atoms with Crippen molar-refractivity contribution in [3.05, 3.63) is 0 Å². The van der Waals surface area contributed by atoms with E-state index in [2.05, 4.69) is 10.2 Å². The standard InChI is InChI=1S/C8H14N2O4/c1-3-8(4-2,7(13)14)10-9-5-6(11)12/h3-5H2,1-2H3,(H,11,12)(H,13,14). The SMILES string of the molecule is CCC(CC)(N=NCC(=O)O)C(=O)O. The van der Waals surface area contributed by atoms with Crippen molar-refractivity contribution < 1.29 is 19.8 Å². The summed E-state index contributed by atoms with van der Waals surface area (Å²) in [7, 11) is 0. The average molecular weight is 202 g/mol. The molecular weight excluding hydrogens is 188 g/mol. The van der Waals surface area contributed by atoms with E-state index >= 15 is 0 Å². The summed E-state index contributed by atoms with van der Waals surface area (Å²) in [4.78, 5) is 21.0. The van der Waals surface area contributed by atoms with Gasteiger partial charge in [-0.1, -0.05) is 13.8 Å². The van der Waals surface area contributed by atoms with E-state index in [0.29, 0.717) is 12.8 Å². The molecule has 0 aromatic heterocycles. The van der Waals surface area contributed by atoms with Gasteiger partial charge in [-0.2, -0.15) is 10.2 Å². The molecule has 0 radical (unpaired) electrons. The van der Waals surface area contributed by atoms with Crippen molar-refractivity contribution in [2.75, 3.05) is 6.54 Å². The van der Waals surface area contributed by atoms with Crippen LogP contribution >= 0.6 is 0 Å². The molecule has 0 fully saturated rings. The zero-order chi connectivity index (χ0) is 11.2. The van der Waals surface area contributed by atoms with E-state index < -0.39 is 24.0 Å². The van der Waals surface area contributed by atoms with Gasteiger partial charge in [0.15, 0.2) is 12.1 Å². The van der Waals surface area contributed by atoms with Crippen LogP contribution in [0, 0.1) is 0 Å². The molecule has 0 amide bonds. The first-order valence-corrected chi connectivity index (χ1v) is 4.32. The summed E-state index contributed by atoms with van der Waals surface area (Å²) in [5.74, 6) is -2.20. The van der Waals surface area contributed by atoms with Crippen molar-refractivity contribution in [3.8, 4) is 0 Å². The first kappa shape index (κ1) is 12.5. The van der Waals surface area contributed by atoms with Crippen LogP contribution in [-0.4, -0.2) is 34.2 Å². The number of carboxylic acid groups (broad SMARTS) is 2. The van der Waals surface area contributed by atoms with Crippen LogP contribution in [0.5, 0.6) is 0 Å². The quantitative estimate of drug-likeness (QED) is 0.631. The minimum atomic E-state index is -1.27. The maximum Gasteiger partial charge on any atom is 0.333 e. The first-order valence-electron chi connectivity index (χ1n) is 4.32. The molecule has 6 nitrogen and oxygen atoms in total. The third-order valence-electron chi connectivity index (χ3n) is 2.04. The van der Waals surface area contributed by atoms with Crippen LogP contribution in [-0.2, 0) is 9.59 Å². The summed E-state index contributed by atoms with van der Waals surface area (Å²) in [6, 6.07) is 0. The van der Waals surface area contributed by atoms with E-state index in [4.69, 9.17) is 10.2 Å². The zero-order valence-electron chi connectivity index (χ0n) is 8.23. The Morgan fingerprint density at radius 3 is 2.00 bits per heavy atom. The Kier molecular flexibility index (Phi) is 4.76. The summed E-state index contributed by atoms with van der Waals surface area (Å²) in [5.41, 5.74) is -1.27. The molecule has 0 aromatic carbocycles. The number of hydrogen-bond donors (Lipinski definition) is 2. The highest BCUT2D eigenvalue weighted by Gasteiger charge is 2.34. The van der Waals surface area contributed by atoms with Crippen LogP contribution in [0.3, 0.4) is 0 Å². The van der Waals surface area contributed by atoms with Gasteiger partial charge in [-0.3, -0.25) is 4.79 Å². The number of carbonyl (C=O) groups is 2. The average Bonchev–Trinajstić information content (AvgIpc) is 2.12. The molecule has 0 unspecified atom stereocenters. The molecule has 6 heteroatoms. The van der Waals surface area contributed by atoms with Crippen molar-refractivity contribution in [2.45, 2.75) is 32.2 Å². The van der Waals surface area contributed by atoms with Gasteiger partial charge in [0.25, 0.3) is 0 Å². The highest BCUT2D eigenvalue weighted by atomic mass is 16.4. The predicted octanol–water partition coefficient (Wildman–Crippen LogP) is 1.17. The minimum absolute atomic E-state index is 0.294. The Labute approximate surface area is 81.7 Å². The fraction of sp³-hybridized carbons (Fsp3) is 0.750. The Hall–Kier alpha value is -1.46. The van der Waals surface area contributed by atoms with Crippen molar-refractivity contribution >= 4 is 11.9 Å². The molecule has 0 saturated carbocycles. The van der Waals surface area contributed by atoms with Gasteiger partial charge in [0.05, 0.1) is 0 Å². The molecule has 0 aromatic rings. The van der Waals surface area contributed by atoms with Crippen LogP contribution in [0.15, 0.2) is 10.2 Å². The Bertz CT molecular complexity index is 246. The molecule has 80 valence electrons. The van der Waals surface area contributed by atoms with Gasteiger partial charge >= 0.3 is 11.9 Å². The second kappa shape index (κ2) is 5.31.